The van der Waals surface area contributed by atoms with E-state index in [4.69, 9.17) is 4.74 Å². The molecule has 0 bridgehead atoms. The van der Waals surface area contributed by atoms with Crippen molar-refractivity contribution in [3.63, 3.8) is 0 Å². The molecule has 0 aromatic heterocycles. The second kappa shape index (κ2) is 10.5. The van der Waals surface area contributed by atoms with Crippen LogP contribution in [-0.2, 0) is 20.7 Å². The zero-order chi connectivity index (χ0) is 18.8. The number of amides is 1. The van der Waals surface area contributed by atoms with Crippen LogP contribution >= 0.6 is 0 Å². The van der Waals surface area contributed by atoms with E-state index in [0.717, 1.165) is 10.5 Å². The lowest BCUT2D eigenvalue weighted by atomic mass is 9.97. The smallest absolute Gasteiger partial charge is 0.408 e. The summed E-state index contributed by atoms with van der Waals surface area (Å²) < 4.78 is 4.83. The summed E-state index contributed by atoms with van der Waals surface area (Å²) in [5.74, 6) is -0.814. The van der Waals surface area contributed by atoms with Crippen LogP contribution in [0.1, 0.15) is 45.1 Å². The predicted molar refractivity (Wildman–Crippen MR) is 94.4 cm³/mol. The average Bonchev–Trinajstić information content (AvgIpc) is 2.60. The van der Waals surface area contributed by atoms with Crippen molar-refractivity contribution in [3.8, 4) is 0 Å². The Bertz CT molecular complexity index is 572. The lowest BCUT2D eigenvalue weighted by Crippen LogP contribution is -2.54. The highest BCUT2D eigenvalue weighted by molar-refractivity contribution is 5.90. The van der Waals surface area contributed by atoms with E-state index in [2.05, 4.69) is 0 Å². The van der Waals surface area contributed by atoms with Crippen LogP contribution in [0.4, 0.5) is 4.79 Å². The molecule has 1 amide bonds. The van der Waals surface area contributed by atoms with Crippen molar-refractivity contribution in [2.24, 2.45) is 0 Å². The average molecular weight is 349 g/mol. The maximum atomic E-state index is 12.5. The Hall–Kier alpha value is -2.37. The van der Waals surface area contributed by atoms with E-state index >= 15 is 0 Å². The van der Waals surface area contributed by atoms with Crippen LogP contribution in [0.25, 0.3) is 0 Å². The molecule has 6 nitrogen and oxygen atoms in total. The lowest BCUT2D eigenvalue weighted by molar-refractivity contribution is -0.148. The fourth-order valence-electron chi connectivity index (χ4n) is 2.89. The number of carboxylic acid groups (broad SMARTS) is 1. The van der Waals surface area contributed by atoms with Gasteiger partial charge in [-0.3, -0.25) is 9.69 Å². The molecule has 1 N–H and O–H groups in total. The summed E-state index contributed by atoms with van der Waals surface area (Å²) in [6, 6.07) is 7.23. The summed E-state index contributed by atoms with van der Waals surface area (Å²) in [6.07, 6.45) is 0.826. The number of benzene rings is 1. The van der Waals surface area contributed by atoms with Gasteiger partial charge in [0.1, 0.15) is 6.04 Å². The molecule has 0 aliphatic carbocycles. The van der Waals surface area contributed by atoms with Gasteiger partial charge < -0.3 is 9.84 Å². The van der Waals surface area contributed by atoms with Gasteiger partial charge in [-0.15, -0.1) is 0 Å². The molecule has 0 fully saturated rings. The van der Waals surface area contributed by atoms with Crippen LogP contribution in [0.15, 0.2) is 30.3 Å². The van der Waals surface area contributed by atoms with E-state index in [1.54, 1.807) is 0 Å². The van der Waals surface area contributed by atoms with Gasteiger partial charge in [0.05, 0.1) is 13.2 Å². The third-order valence-corrected chi connectivity index (χ3v) is 4.07. The maximum Gasteiger partial charge on any atom is 0.408 e. The summed E-state index contributed by atoms with van der Waals surface area (Å²) in [5, 5.41) is 9.75. The number of methoxy groups -OCH3 is 1. The van der Waals surface area contributed by atoms with Gasteiger partial charge in [-0.05, 0) is 18.4 Å². The second-order valence-electron chi connectivity index (χ2n) is 5.94. The van der Waals surface area contributed by atoms with E-state index in [0.29, 0.717) is 19.3 Å². The number of Topliss-reactive ketones (excluding diaryl/α,β-unsaturated/α-hetero) is 1. The Kier molecular flexibility index (Phi) is 8.67. The molecule has 0 saturated carbocycles. The van der Waals surface area contributed by atoms with Gasteiger partial charge in [-0.25, -0.2) is 9.59 Å². The predicted octanol–water partition coefficient (Wildman–Crippen LogP) is 3.29. The number of ketones is 1. The summed E-state index contributed by atoms with van der Waals surface area (Å²) in [5.41, 5.74) is 0.808. The van der Waals surface area contributed by atoms with Crippen LogP contribution < -0.4 is 0 Å². The summed E-state index contributed by atoms with van der Waals surface area (Å²) in [6.45, 7) is 3.75. The minimum atomic E-state index is -1.28. The number of carbonyl (C=O) groups is 3. The Morgan fingerprint density at radius 1 is 1.08 bits per heavy atom. The van der Waals surface area contributed by atoms with Crippen molar-refractivity contribution in [1.29, 1.82) is 0 Å². The van der Waals surface area contributed by atoms with Gasteiger partial charge in [-0.1, -0.05) is 50.6 Å². The Morgan fingerprint density at radius 3 is 2.20 bits per heavy atom. The summed E-state index contributed by atoms with van der Waals surface area (Å²) in [7, 11) is 1.23. The number of carbonyl (C=O) groups excluding carboxylic acids is 2. The minimum Gasteiger partial charge on any atom is -0.467 e. The van der Waals surface area contributed by atoms with Gasteiger partial charge >= 0.3 is 12.1 Å². The van der Waals surface area contributed by atoms with Crippen molar-refractivity contribution in [1.82, 2.24) is 4.90 Å². The molecule has 0 radical (unpaired) electrons. The molecular weight excluding hydrogens is 322 g/mol. The SMILES string of the molecule is CCCC(=O)C(CCC)N(C(=O)O)C(Cc1ccccc1)C(=O)OC. The molecule has 1 aromatic carbocycles. The number of ether oxygens (including phenoxy) is 1. The Morgan fingerprint density at radius 2 is 1.72 bits per heavy atom. The third-order valence-electron chi connectivity index (χ3n) is 4.07. The number of esters is 1. The van der Waals surface area contributed by atoms with E-state index < -0.39 is 24.1 Å². The first kappa shape index (κ1) is 20.7. The first-order chi connectivity index (χ1) is 12.0. The Balaban J connectivity index is 3.23. The fraction of sp³-hybridized carbons (Fsp3) is 0.526. The standard InChI is InChI=1S/C19H27NO5/c1-4-9-15(17(21)10-5-2)20(19(23)24)16(18(22)25-3)13-14-11-7-6-8-12-14/h6-8,11-12,15-16H,4-5,9-10,13H2,1-3H3,(H,23,24). The molecule has 0 saturated heterocycles. The molecule has 0 heterocycles. The molecule has 6 heteroatoms. The van der Waals surface area contributed by atoms with Gasteiger partial charge in [0.15, 0.2) is 5.78 Å². The highest BCUT2D eigenvalue weighted by Gasteiger charge is 2.38. The Labute approximate surface area is 148 Å². The first-order valence-corrected chi connectivity index (χ1v) is 8.61. The maximum absolute atomic E-state index is 12.5. The van der Waals surface area contributed by atoms with E-state index in [9.17, 15) is 19.5 Å². The van der Waals surface area contributed by atoms with Crippen LogP contribution in [0.2, 0.25) is 0 Å². The molecule has 25 heavy (non-hydrogen) atoms. The van der Waals surface area contributed by atoms with E-state index in [-0.39, 0.29) is 18.6 Å². The monoisotopic (exact) mass is 349 g/mol. The van der Waals surface area contributed by atoms with Crippen LogP contribution in [-0.4, -0.2) is 47.0 Å². The summed E-state index contributed by atoms with van der Waals surface area (Å²) >= 11 is 0. The lowest BCUT2D eigenvalue weighted by Gasteiger charge is -2.34. The normalized spacial score (nSPS) is 12.9. The molecule has 0 spiro atoms. The number of hydrogen-bond donors (Lipinski definition) is 1. The molecular formula is C19H27NO5. The van der Waals surface area contributed by atoms with Gasteiger partial charge in [0.25, 0.3) is 0 Å². The van der Waals surface area contributed by atoms with Crippen molar-refractivity contribution >= 4 is 17.8 Å². The summed E-state index contributed by atoms with van der Waals surface area (Å²) in [4.78, 5) is 37.7. The topological polar surface area (TPSA) is 83.9 Å². The van der Waals surface area contributed by atoms with Gasteiger partial charge in [0, 0.05) is 12.8 Å². The number of nitrogens with zero attached hydrogens (tertiary/aromatic N) is 1. The quantitative estimate of drug-likeness (QED) is 0.655. The van der Waals surface area contributed by atoms with Crippen molar-refractivity contribution in [3.05, 3.63) is 35.9 Å². The molecule has 1 rings (SSSR count). The largest absolute Gasteiger partial charge is 0.467 e. The molecule has 0 aliphatic heterocycles. The van der Waals surface area contributed by atoms with Crippen LogP contribution in [0.5, 0.6) is 0 Å². The van der Waals surface area contributed by atoms with Crippen molar-refractivity contribution in [2.75, 3.05) is 7.11 Å². The number of rotatable bonds is 10. The second-order valence-corrected chi connectivity index (χ2v) is 5.94. The van der Waals surface area contributed by atoms with Crippen LogP contribution in [0.3, 0.4) is 0 Å². The molecule has 138 valence electrons. The van der Waals surface area contributed by atoms with Crippen LogP contribution in [0, 0.1) is 0 Å². The first-order valence-electron chi connectivity index (χ1n) is 8.61. The zero-order valence-corrected chi connectivity index (χ0v) is 15.1. The van der Waals surface area contributed by atoms with Crippen molar-refractivity contribution in [2.45, 2.75) is 58.0 Å². The van der Waals surface area contributed by atoms with Crippen molar-refractivity contribution < 1.29 is 24.2 Å². The number of hydrogen-bond acceptors (Lipinski definition) is 4. The van der Waals surface area contributed by atoms with E-state index in [1.807, 2.05) is 44.2 Å². The highest BCUT2D eigenvalue weighted by Crippen LogP contribution is 2.19. The zero-order valence-electron chi connectivity index (χ0n) is 15.1. The molecule has 2 unspecified atom stereocenters. The van der Waals surface area contributed by atoms with Gasteiger partial charge in [-0.2, -0.15) is 0 Å². The molecule has 0 aliphatic rings. The van der Waals surface area contributed by atoms with Gasteiger partial charge in [0.2, 0.25) is 0 Å². The highest BCUT2D eigenvalue weighted by atomic mass is 16.5. The third kappa shape index (κ3) is 5.89. The molecule has 2 atom stereocenters. The minimum absolute atomic E-state index is 0.159. The fourth-order valence-corrected chi connectivity index (χ4v) is 2.89. The van der Waals surface area contributed by atoms with E-state index in [1.165, 1.54) is 7.11 Å². The molecule has 1 aromatic rings.